The van der Waals surface area contributed by atoms with Crippen LogP contribution < -0.4 is 16.1 Å². The van der Waals surface area contributed by atoms with Gasteiger partial charge in [0.1, 0.15) is 0 Å². The zero-order valence-corrected chi connectivity index (χ0v) is 18.5. The molecule has 0 radical (unpaired) electrons. The Hall–Kier alpha value is -2.79. The molecule has 1 N–H and O–H groups in total. The summed E-state index contributed by atoms with van der Waals surface area (Å²) in [5.41, 5.74) is 2.29. The Kier molecular flexibility index (Phi) is 4.28. The summed E-state index contributed by atoms with van der Waals surface area (Å²) in [6.45, 7) is 0. The van der Waals surface area contributed by atoms with E-state index in [4.69, 9.17) is 0 Å². The van der Waals surface area contributed by atoms with E-state index in [2.05, 4.69) is 20.7 Å². The topological polar surface area (TPSA) is 100 Å². The first-order valence-corrected chi connectivity index (χ1v) is 10.8. The lowest BCUT2D eigenvalue weighted by Gasteiger charge is -2.11. The molecule has 0 unspecified atom stereocenters. The summed E-state index contributed by atoms with van der Waals surface area (Å²) in [5.74, 6) is 0. The third-order valence-corrected chi connectivity index (χ3v) is 7.18. The molecule has 2 aromatic carbocycles. The number of halogens is 1. The smallest absolute Gasteiger partial charge is 0.295 e. The molecule has 0 spiro atoms. The Labute approximate surface area is 174 Å². The Morgan fingerprint density at radius 1 is 0.759 bits per heavy atom. The molecule has 11 heteroatoms. The highest BCUT2D eigenvalue weighted by Crippen LogP contribution is 2.30. The van der Waals surface area contributed by atoms with E-state index in [1.807, 2.05) is 0 Å². The third-order valence-electron chi connectivity index (χ3n) is 5.16. The molecule has 0 atom stereocenters. The van der Waals surface area contributed by atoms with Gasteiger partial charge in [0.25, 0.3) is 10.0 Å². The third kappa shape index (κ3) is 2.84. The van der Waals surface area contributed by atoms with Crippen LogP contribution >= 0.6 is 15.9 Å². The summed E-state index contributed by atoms with van der Waals surface area (Å²) < 4.78 is 34.8. The van der Waals surface area contributed by atoms with Crippen LogP contribution in [0.3, 0.4) is 0 Å². The zero-order chi connectivity index (χ0) is 21.2. The van der Waals surface area contributed by atoms with E-state index in [9.17, 15) is 18.0 Å². The fraction of sp³-hybridized carbons (Fsp3) is 0.222. The molecule has 2 aromatic heterocycles. The molecule has 0 fully saturated rings. The number of sulfonamides is 1. The van der Waals surface area contributed by atoms with Gasteiger partial charge in [-0.2, -0.15) is 0 Å². The zero-order valence-electron chi connectivity index (χ0n) is 16.1. The lowest BCUT2D eigenvalue weighted by Crippen LogP contribution is -2.19. The number of anilines is 1. The average molecular weight is 480 g/mol. The van der Waals surface area contributed by atoms with E-state index < -0.39 is 10.0 Å². The molecule has 152 valence electrons. The maximum Gasteiger partial charge on any atom is 0.328 e. The first-order chi connectivity index (χ1) is 13.5. The number of fused-ring (bicyclic) bond motifs is 2. The van der Waals surface area contributed by atoms with Crippen molar-refractivity contribution in [2.24, 2.45) is 28.2 Å². The van der Waals surface area contributed by atoms with E-state index >= 15 is 0 Å². The van der Waals surface area contributed by atoms with Gasteiger partial charge in [-0.1, -0.05) is 0 Å². The first-order valence-electron chi connectivity index (χ1n) is 8.56. The van der Waals surface area contributed by atoms with Crippen molar-refractivity contribution in [2.75, 3.05) is 4.72 Å². The normalized spacial score (nSPS) is 12.2. The number of aromatic nitrogens is 4. The van der Waals surface area contributed by atoms with Crippen LogP contribution in [0.1, 0.15) is 0 Å². The number of nitrogens with zero attached hydrogens (tertiary/aromatic N) is 4. The molecule has 2 heterocycles. The SMILES string of the molecule is Cn1c(=O)n(C)c2cc(S(=O)(=O)Nc3cc4c(cc3Br)n(C)c(=O)n4C)ccc21. The van der Waals surface area contributed by atoms with Gasteiger partial charge in [-0.15, -0.1) is 0 Å². The molecular weight excluding hydrogens is 462 g/mol. The second-order valence-corrected chi connectivity index (χ2v) is 9.41. The molecular formula is C18H18BrN5O4S. The second-order valence-electron chi connectivity index (χ2n) is 6.88. The second kappa shape index (κ2) is 6.36. The predicted octanol–water partition coefficient (Wildman–Crippen LogP) is 1.63. The lowest BCUT2D eigenvalue weighted by atomic mass is 10.3. The van der Waals surface area contributed by atoms with E-state index in [-0.39, 0.29) is 16.3 Å². The number of nitrogens with one attached hydrogen (secondary N) is 1. The molecule has 4 aromatic rings. The quantitative estimate of drug-likeness (QED) is 0.482. The van der Waals surface area contributed by atoms with Crippen LogP contribution in [0.5, 0.6) is 0 Å². The van der Waals surface area contributed by atoms with Gasteiger partial charge in [-0.3, -0.25) is 23.0 Å². The fourth-order valence-corrected chi connectivity index (χ4v) is 5.11. The Morgan fingerprint density at radius 2 is 1.24 bits per heavy atom. The molecule has 0 aliphatic carbocycles. The number of hydrogen-bond donors (Lipinski definition) is 1. The van der Waals surface area contributed by atoms with E-state index in [0.29, 0.717) is 32.2 Å². The summed E-state index contributed by atoms with van der Waals surface area (Å²) in [4.78, 5) is 24.3. The first kappa shape index (κ1) is 19.5. The highest BCUT2D eigenvalue weighted by atomic mass is 79.9. The number of hydrogen-bond acceptors (Lipinski definition) is 4. The summed E-state index contributed by atoms with van der Waals surface area (Å²) in [6, 6.07) is 7.82. The Bertz CT molecular complexity index is 1540. The molecule has 0 amide bonds. The molecule has 4 rings (SSSR count). The van der Waals surface area contributed by atoms with Crippen LogP contribution in [0, 0.1) is 0 Å². The summed E-state index contributed by atoms with van der Waals surface area (Å²) in [6.07, 6.45) is 0. The Morgan fingerprint density at radius 3 is 1.83 bits per heavy atom. The molecule has 0 saturated carbocycles. The van der Waals surface area contributed by atoms with Crippen molar-refractivity contribution in [3.05, 3.63) is 55.8 Å². The van der Waals surface area contributed by atoms with Crippen LogP contribution in [0.2, 0.25) is 0 Å². The van der Waals surface area contributed by atoms with Crippen LogP contribution in [0.25, 0.3) is 22.1 Å². The van der Waals surface area contributed by atoms with Crippen molar-refractivity contribution < 1.29 is 8.42 Å². The largest absolute Gasteiger partial charge is 0.328 e. The van der Waals surface area contributed by atoms with Gasteiger partial charge in [0.05, 0.1) is 32.6 Å². The van der Waals surface area contributed by atoms with Crippen molar-refractivity contribution in [1.82, 2.24) is 18.3 Å². The molecule has 9 nitrogen and oxygen atoms in total. The van der Waals surface area contributed by atoms with Crippen LogP contribution in [-0.4, -0.2) is 26.7 Å². The summed E-state index contributed by atoms with van der Waals surface area (Å²) in [5, 5.41) is 0. The number of benzene rings is 2. The van der Waals surface area contributed by atoms with Crippen LogP contribution in [-0.2, 0) is 38.2 Å². The molecule has 0 saturated heterocycles. The summed E-state index contributed by atoms with van der Waals surface area (Å²) >= 11 is 3.37. The van der Waals surface area contributed by atoms with Crippen molar-refractivity contribution in [1.29, 1.82) is 0 Å². The van der Waals surface area contributed by atoms with Gasteiger partial charge < -0.3 is 0 Å². The van der Waals surface area contributed by atoms with Gasteiger partial charge in [-0.05, 0) is 46.3 Å². The van der Waals surface area contributed by atoms with E-state index in [1.54, 1.807) is 46.4 Å². The molecule has 0 bridgehead atoms. The lowest BCUT2D eigenvalue weighted by molar-refractivity contribution is 0.601. The molecule has 29 heavy (non-hydrogen) atoms. The minimum atomic E-state index is -3.93. The van der Waals surface area contributed by atoms with E-state index in [1.165, 1.54) is 30.4 Å². The van der Waals surface area contributed by atoms with E-state index in [0.717, 1.165) is 0 Å². The predicted molar refractivity (Wildman–Crippen MR) is 115 cm³/mol. The van der Waals surface area contributed by atoms with Gasteiger partial charge >= 0.3 is 11.4 Å². The highest BCUT2D eigenvalue weighted by molar-refractivity contribution is 9.10. The maximum atomic E-state index is 13.0. The number of aryl methyl sites for hydroxylation is 4. The molecule has 0 aliphatic heterocycles. The maximum absolute atomic E-state index is 13.0. The Balaban J connectivity index is 1.83. The van der Waals surface area contributed by atoms with Crippen LogP contribution in [0.4, 0.5) is 5.69 Å². The van der Waals surface area contributed by atoms with Gasteiger partial charge in [0, 0.05) is 32.7 Å². The fourth-order valence-electron chi connectivity index (χ4n) is 3.46. The standard InChI is InChI=1S/C18H18BrN5O4S/c1-21-13-6-5-10(7-14(13)22(2)17(21)25)29(27,28)20-12-9-16-15(8-11(12)19)23(3)18(26)24(16)4/h5-9,20H,1-4H3. The van der Waals surface area contributed by atoms with Crippen molar-refractivity contribution >= 4 is 53.7 Å². The van der Waals surface area contributed by atoms with Crippen molar-refractivity contribution in [2.45, 2.75) is 4.90 Å². The summed E-state index contributed by atoms with van der Waals surface area (Å²) in [7, 11) is 2.57. The van der Waals surface area contributed by atoms with Crippen molar-refractivity contribution in [3.8, 4) is 0 Å². The van der Waals surface area contributed by atoms with Crippen molar-refractivity contribution in [3.63, 3.8) is 0 Å². The number of rotatable bonds is 3. The average Bonchev–Trinajstić information content (AvgIpc) is 3.02. The minimum absolute atomic E-state index is 0.0279. The van der Waals surface area contributed by atoms with Gasteiger partial charge in [0.15, 0.2) is 0 Å². The van der Waals surface area contributed by atoms with Crippen LogP contribution in [0.15, 0.2) is 49.3 Å². The van der Waals surface area contributed by atoms with Gasteiger partial charge in [-0.25, -0.2) is 18.0 Å². The molecule has 0 aliphatic rings. The minimum Gasteiger partial charge on any atom is -0.295 e. The highest BCUT2D eigenvalue weighted by Gasteiger charge is 2.20. The van der Waals surface area contributed by atoms with Gasteiger partial charge in [0.2, 0.25) is 0 Å². The monoisotopic (exact) mass is 479 g/mol. The number of imidazole rings is 2.